The van der Waals surface area contributed by atoms with E-state index in [1.54, 1.807) is 18.2 Å². The molecule has 178 valence electrons. The molecular formula is C24H32N4O4S. The number of carbonyl (C=O) groups is 2. The van der Waals surface area contributed by atoms with E-state index in [-0.39, 0.29) is 28.8 Å². The van der Waals surface area contributed by atoms with Crippen LogP contribution in [0.4, 0.5) is 5.69 Å². The molecule has 0 saturated carbocycles. The van der Waals surface area contributed by atoms with Gasteiger partial charge in [-0.3, -0.25) is 14.5 Å². The van der Waals surface area contributed by atoms with Gasteiger partial charge in [-0.2, -0.15) is 0 Å². The Labute approximate surface area is 196 Å². The number of nitrogens with one attached hydrogen (secondary N) is 2. The summed E-state index contributed by atoms with van der Waals surface area (Å²) in [6, 6.07) is 13.5. The first-order chi connectivity index (χ1) is 15.6. The largest absolute Gasteiger partial charge is 0.349 e. The Balaban J connectivity index is 1.58. The fourth-order valence-corrected chi connectivity index (χ4v) is 4.73. The van der Waals surface area contributed by atoms with Gasteiger partial charge in [-0.15, -0.1) is 0 Å². The second-order valence-corrected chi connectivity index (χ2v) is 10.7. The van der Waals surface area contributed by atoms with E-state index < -0.39 is 10.0 Å². The lowest BCUT2D eigenvalue weighted by atomic mass is 10.0. The molecular weight excluding hydrogens is 440 g/mol. The highest BCUT2D eigenvalue weighted by molar-refractivity contribution is 7.89. The van der Waals surface area contributed by atoms with E-state index in [9.17, 15) is 18.0 Å². The van der Waals surface area contributed by atoms with E-state index in [0.29, 0.717) is 24.3 Å². The molecule has 3 rings (SSSR count). The molecule has 2 aromatic rings. The second kappa shape index (κ2) is 10.5. The molecule has 0 radical (unpaired) electrons. The third-order valence-electron chi connectivity index (χ3n) is 6.07. The van der Waals surface area contributed by atoms with Crippen LogP contribution in [0.15, 0.2) is 53.4 Å². The maximum Gasteiger partial charge on any atom is 0.251 e. The number of benzene rings is 2. The highest BCUT2D eigenvalue weighted by atomic mass is 32.2. The summed E-state index contributed by atoms with van der Waals surface area (Å²) in [6.07, 6.45) is 1.51. The summed E-state index contributed by atoms with van der Waals surface area (Å²) in [6.45, 7) is 5.03. The summed E-state index contributed by atoms with van der Waals surface area (Å²) in [7, 11) is -0.645. The van der Waals surface area contributed by atoms with Crippen LogP contribution in [0.3, 0.4) is 0 Å². The van der Waals surface area contributed by atoms with Crippen molar-refractivity contribution in [2.24, 2.45) is 0 Å². The average molecular weight is 473 g/mol. The molecule has 0 spiro atoms. The molecule has 1 saturated heterocycles. The summed E-state index contributed by atoms with van der Waals surface area (Å²) < 4.78 is 26.0. The monoisotopic (exact) mass is 472 g/mol. The molecule has 2 amide bonds. The number of hydrogen-bond donors (Lipinski definition) is 2. The lowest BCUT2D eigenvalue weighted by Crippen LogP contribution is -2.50. The minimum Gasteiger partial charge on any atom is -0.349 e. The Hall–Kier alpha value is -2.75. The third-order valence-corrected chi connectivity index (χ3v) is 7.88. The lowest BCUT2D eigenvalue weighted by molar-refractivity contribution is -0.121. The van der Waals surface area contributed by atoms with Crippen LogP contribution in [0.1, 0.15) is 35.7 Å². The zero-order valence-corrected chi connectivity index (χ0v) is 20.4. The van der Waals surface area contributed by atoms with Crippen LogP contribution in [0.25, 0.3) is 0 Å². The Morgan fingerprint density at radius 1 is 1.06 bits per heavy atom. The highest BCUT2D eigenvalue weighted by Crippen LogP contribution is 2.23. The van der Waals surface area contributed by atoms with Gasteiger partial charge in [-0.1, -0.05) is 24.3 Å². The van der Waals surface area contributed by atoms with E-state index in [2.05, 4.69) is 15.5 Å². The average Bonchev–Trinajstić information content (AvgIpc) is 2.80. The Morgan fingerprint density at radius 3 is 2.30 bits per heavy atom. The number of sulfonamides is 1. The second-order valence-electron chi connectivity index (χ2n) is 8.58. The fourth-order valence-electron chi connectivity index (χ4n) is 3.80. The number of nitrogens with zero attached hydrogens (tertiary/aromatic N) is 2. The van der Waals surface area contributed by atoms with Crippen molar-refractivity contribution in [3.63, 3.8) is 0 Å². The van der Waals surface area contributed by atoms with Gasteiger partial charge in [0.25, 0.3) is 5.91 Å². The topological polar surface area (TPSA) is 98.8 Å². The number of piperidine rings is 1. The van der Waals surface area contributed by atoms with Gasteiger partial charge >= 0.3 is 0 Å². The van der Waals surface area contributed by atoms with E-state index in [4.69, 9.17) is 0 Å². The van der Waals surface area contributed by atoms with Crippen LogP contribution in [0.5, 0.6) is 0 Å². The Bertz CT molecular complexity index is 1090. The van der Waals surface area contributed by atoms with Crippen molar-refractivity contribution in [3.05, 3.63) is 59.7 Å². The van der Waals surface area contributed by atoms with Crippen molar-refractivity contribution in [2.45, 2.75) is 43.7 Å². The zero-order chi connectivity index (χ0) is 24.2. The molecule has 8 nitrogen and oxygen atoms in total. The van der Waals surface area contributed by atoms with Gasteiger partial charge in [0, 0.05) is 44.5 Å². The first-order valence-corrected chi connectivity index (χ1v) is 12.5. The molecule has 2 N–H and O–H groups in total. The van der Waals surface area contributed by atoms with Gasteiger partial charge in [0.1, 0.15) is 0 Å². The molecule has 1 unspecified atom stereocenters. The molecule has 1 heterocycles. The van der Waals surface area contributed by atoms with Crippen LogP contribution in [0.2, 0.25) is 0 Å². The summed E-state index contributed by atoms with van der Waals surface area (Å²) in [4.78, 5) is 27.5. The molecule has 0 bridgehead atoms. The van der Waals surface area contributed by atoms with E-state index in [0.717, 1.165) is 22.7 Å². The number of anilines is 1. The van der Waals surface area contributed by atoms with Crippen molar-refractivity contribution < 1.29 is 18.0 Å². The normalized spacial score (nSPS) is 16.4. The Kier molecular flexibility index (Phi) is 7.88. The van der Waals surface area contributed by atoms with Crippen molar-refractivity contribution in [1.82, 2.24) is 14.5 Å². The number of carbonyl (C=O) groups excluding carboxylic acids is 2. The molecule has 33 heavy (non-hydrogen) atoms. The molecule has 9 heteroatoms. The van der Waals surface area contributed by atoms with E-state index in [1.807, 2.05) is 32.0 Å². The van der Waals surface area contributed by atoms with Gasteiger partial charge in [-0.25, -0.2) is 12.7 Å². The first kappa shape index (κ1) is 24.9. The van der Waals surface area contributed by atoms with Gasteiger partial charge in [0.2, 0.25) is 15.9 Å². The predicted octanol–water partition coefficient (Wildman–Crippen LogP) is 2.47. The van der Waals surface area contributed by atoms with Crippen LogP contribution in [-0.4, -0.2) is 68.7 Å². The molecule has 1 aliphatic rings. The minimum atomic E-state index is -3.59. The summed E-state index contributed by atoms with van der Waals surface area (Å²) in [5, 5.41) is 5.96. The molecule has 1 aliphatic heterocycles. The van der Waals surface area contributed by atoms with Gasteiger partial charge in [-0.05, 0) is 56.5 Å². The maximum atomic E-state index is 12.9. The quantitative estimate of drug-likeness (QED) is 0.645. The molecule has 1 atom stereocenters. The third kappa shape index (κ3) is 5.98. The fraction of sp³-hybridized carbons (Fsp3) is 0.417. The smallest absolute Gasteiger partial charge is 0.251 e. The number of rotatable bonds is 7. The highest BCUT2D eigenvalue weighted by Gasteiger charge is 2.28. The van der Waals surface area contributed by atoms with Crippen molar-refractivity contribution in [1.29, 1.82) is 0 Å². The number of hydrogen-bond acceptors (Lipinski definition) is 5. The molecule has 1 fully saturated rings. The van der Waals surface area contributed by atoms with Crippen LogP contribution >= 0.6 is 0 Å². The standard InChI is InChI=1S/C24H32N4O4S/c1-17-10-11-21(33(31,32)27(3)4)16-22(17)26-23(29)18(2)28-14-12-20(13-15-28)25-24(30)19-8-6-5-7-9-19/h5-11,16,18,20H,12-15H2,1-4H3,(H,25,30)(H,26,29). The predicted molar refractivity (Wildman–Crippen MR) is 129 cm³/mol. The van der Waals surface area contributed by atoms with Gasteiger partial charge < -0.3 is 10.6 Å². The van der Waals surface area contributed by atoms with Gasteiger partial charge in [0.15, 0.2) is 0 Å². The van der Waals surface area contributed by atoms with E-state index in [1.165, 1.54) is 26.2 Å². The maximum absolute atomic E-state index is 12.9. The zero-order valence-electron chi connectivity index (χ0n) is 19.5. The van der Waals surface area contributed by atoms with Crippen LogP contribution in [-0.2, 0) is 14.8 Å². The number of aryl methyl sites for hydroxylation is 1. The number of amides is 2. The van der Waals surface area contributed by atoms with Crippen LogP contribution in [0, 0.1) is 6.92 Å². The SMILES string of the molecule is Cc1ccc(S(=O)(=O)N(C)C)cc1NC(=O)C(C)N1CCC(NC(=O)c2ccccc2)CC1. The summed E-state index contributed by atoms with van der Waals surface area (Å²) >= 11 is 0. The number of likely N-dealkylation sites (tertiary alicyclic amines) is 1. The minimum absolute atomic E-state index is 0.0689. The molecule has 0 aliphatic carbocycles. The van der Waals surface area contributed by atoms with Crippen LogP contribution < -0.4 is 10.6 Å². The van der Waals surface area contributed by atoms with E-state index >= 15 is 0 Å². The molecule has 2 aromatic carbocycles. The first-order valence-electron chi connectivity index (χ1n) is 11.0. The van der Waals surface area contributed by atoms with Crippen molar-refractivity contribution in [2.75, 3.05) is 32.5 Å². The summed E-state index contributed by atoms with van der Waals surface area (Å²) in [5.41, 5.74) is 1.91. The molecule has 0 aromatic heterocycles. The Morgan fingerprint density at radius 2 is 1.70 bits per heavy atom. The lowest BCUT2D eigenvalue weighted by Gasteiger charge is -2.35. The van der Waals surface area contributed by atoms with Gasteiger partial charge in [0.05, 0.1) is 10.9 Å². The summed E-state index contributed by atoms with van der Waals surface area (Å²) in [5.74, 6) is -0.271. The van der Waals surface area contributed by atoms with Crippen molar-refractivity contribution >= 4 is 27.5 Å². The van der Waals surface area contributed by atoms with Crippen molar-refractivity contribution in [3.8, 4) is 0 Å².